The van der Waals surface area contributed by atoms with Crippen molar-refractivity contribution in [1.82, 2.24) is 0 Å². The molecule has 0 aliphatic rings. The normalized spacial score (nSPS) is 8.78. The third kappa shape index (κ3) is 46.2. The SMILES string of the molecule is CCC(=O)O.CCC(=O)O.CCCCCC(O)O. The van der Waals surface area contributed by atoms with Gasteiger partial charge in [0.2, 0.25) is 0 Å². The molecule has 0 saturated carbocycles. The zero-order valence-electron chi connectivity index (χ0n) is 11.4. The molecule has 0 rings (SSSR count). The van der Waals surface area contributed by atoms with Gasteiger partial charge >= 0.3 is 11.9 Å². The Kier molecular flexibility index (Phi) is 22.4. The molecule has 0 aromatic heterocycles. The van der Waals surface area contributed by atoms with Crippen LogP contribution in [0.2, 0.25) is 0 Å². The van der Waals surface area contributed by atoms with Crippen LogP contribution >= 0.6 is 0 Å². The van der Waals surface area contributed by atoms with E-state index in [2.05, 4.69) is 6.92 Å². The Bertz CT molecular complexity index is 177. The van der Waals surface area contributed by atoms with Gasteiger partial charge in [-0.15, -0.1) is 0 Å². The predicted molar refractivity (Wildman–Crippen MR) is 68.2 cm³/mol. The van der Waals surface area contributed by atoms with E-state index >= 15 is 0 Å². The fourth-order valence-electron chi connectivity index (χ4n) is 0.577. The van der Waals surface area contributed by atoms with Crippen molar-refractivity contribution in [3.63, 3.8) is 0 Å². The van der Waals surface area contributed by atoms with E-state index in [4.69, 9.17) is 20.4 Å². The highest BCUT2D eigenvalue weighted by molar-refractivity contribution is 5.66. The molecule has 0 radical (unpaired) electrons. The number of hydrogen-bond donors (Lipinski definition) is 4. The van der Waals surface area contributed by atoms with E-state index in [9.17, 15) is 9.59 Å². The van der Waals surface area contributed by atoms with Gasteiger partial charge in [-0.25, -0.2) is 0 Å². The number of aliphatic hydroxyl groups excluding tert-OH is 1. The molecule has 18 heavy (non-hydrogen) atoms. The van der Waals surface area contributed by atoms with E-state index in [0.717, 1.165) is 19.3 Å². The molecule has 0 aromatic rings. The van der Waals surface area contributed by atoms with Gasteiger partial charge in [-0.3, -0.25) is 9.59 Å². The Morgan fingerprint density at radius 1 is 0.889 bits per heavy atom. The summed E-state index contributed by atoms with van der Waals surface area (Å²) in [7, 11) is 0. The molecule has 0 unspecified atom stereocenters. The van der Waals surface area contributed by atoms with Crippen LogP contribution in [-0.4, -0.2) is 38.7 Å². The van der Waals surface area contributed by atoms with Crippen molar-refractivity contribution in [3.05, 3.63) is 0 Å². The highest BCUT2D eigenvalue weighted by Gasteiger charge is 1.93. The van der Waals surface area contributed by atoms with Crippen LogP contribution in [0.3, 0.4) is 0 Å². The first-order chi connectivity index (χ1) is 8.31. The van der Waals surface area contributed by atoms with Gasteiger partial charge in [0.25, 0.3) is 0 Å². The Morgan fingerprint density at radius 3 is 1.39 bits per heavy atom. The molecule has 0 bridgehead atoms. The van der Waals surface area contributed by atoms with Crippen LogP contribution in [0.25, 0.3) is 0 Å². The van der Waals surface area contributed by atoms with Crippen LogP contribution in [0, 0.1) is 0 Å². The summed E-state index contributed by atoms with van der Waals surface area (Å²) in [5.74, 6) is -1.49. The quantitative estimate of drug-likeness (QED) is 0.430. The summed E-state index contributed by atoms with van der Waals surface area (Å²) >= 11 is 0. The van der Waals surface area contributed by atoms with Gasteiger partial charge in [-0.05, 0) is 12.8 Å². The molecule has 0 atom stereocenters. The van der Waals surface area contributed by atoms with Gasteiger partial charge in [0, 0.05) is 12.8 Å². The summed E-state index contributed by atoms with van der Waals surface area (Å²) in [4.78, 5) is 18.7. The molecule has 0 saturated heterocycles. The molecule has 6 heteroatoms. The zero-order chi connectivity index (χ0) is 15.0. The molecule has 4 N–H and O–H groups in total. The average molecular weight is 266 g/mol. The Labute approximate surface area is 108 Å². The number of hydrogen-bond acceptors (Lipinski definition) is 4. The lowest BCUT2D eigenvalue weighted by molar-refractivity contribution is -0.137. The number of carbonyl (C=O) groups is 2. The van der Waals surface area contributed by atoms with Crippen molar-refractivity contribution in [2.24, 2.45) is 0 Å². The fourth-order valence-corrected chi connectivity index (χ4v) is 0.577. The molecule has 110 valence electrons. The number of aliphatic hydroxyl groups is 2. The van der Waals surface area contributed by atoms with Crippen LogP contribution in [0.5, 0.6) is 0 Å². The lowest BCUT2D eigenvalue weighted by Crippen LogP contribution is -2.02. The smallest absolute Gasteiger partial charge is 0.303 e. The lowest BCUT2D eigenvalue weighted by Gasteiger charge is -1.99. The van der Waals surface area contributed by atoms with Crippen molar-refractivity contribution in [2.45, 2.75) is 65.6 Å². The maximum absolute atomic E-state index is 9.37. The summed E-state index contributed by atoms with van der Waals surface area (Å²) in [5, 5.41) is 32.1. The Hall–Kier alpha value is -1.14. The summed E-state index contributed by atoms with van der Waals surface area (Å²) < 4.78 is 0. The third-order valence-electron chi connectivity index (χ3n) is 1.67. The lowest BCUT2D eigenvalue weighted by atomic mass is 10.2. The maximum Gasteiger partial charge on any atom is 0.303 e. The second kappa shape index (κ2) is 18.2. The first-order valence-electron chi connectivity index (χ1n) is 6.11. The predicted octanol–water partition coefficient (Wildman–Crippen LogP) is 1.84. The van der Waals surface area contributed by atoms with E-state index in [1.54, 1.807) is 13.8 Å². The summed E-state index contributed by atoms with van der Waals surface area (Å²) in [6.45, 7) is 5.29. The highest BCUT2D eigenvalue weighted by Crippen LogP contribution is 1.99. The molecule has 0 aliphatic carbocycles. The first-order valence-corrected chi connectivity index (χ1v) is 6.11. The van der Waals surface area contributed by atoms with Gasteiger partial charge in [0.15, 0.2) is 6.29 Å². The molecule has 6 nitrogen and oxygen atoms in total. The summed E-state index contributed by atoms with van der Waals surface area (Å²) in [6.07, 6.45) is 3.02. The molecule has 0 aromatic carbocycles. The van der Waals surface area contributed by atoms with Gasteiger partial charge in [0.1, 0.15) is 0 Å². The number of carboxylic acid groups (broad SMARTS) is 2. The molecule has 0 spiro atoms. The van der Waals surface area contributed by atoms with Crippen molar-refractivity contribution < 1.29 is 30.0 Å². The van der Waals surface area contributed by atoms with Crippen molar-refractivity contribution in [2.75, 3.05) is 0 Å². The average Bonchev–Trinajstić information content (AvgIpc) is 2.30. The summed E-state index contributed by atoms with van der Waals surface area (Å²) in [6, 6.07) is 0. The number of aliphatic carboxylic acids is 2. The number of unbranched alkanes of at least 4 members (excludes halogenated alkanes) is 2. The van der Waals surface area contributed by atoms with Gasteiger partial charge in [-0.1, -0.05) is 33.6 Å². The minimum Gasteiger partial charge on any atom is -0.481 e. The summed E-state index contributed by atoms with van der Waals surface area (Å²) in [5.41, 5.74) is 0. The van der Waals surface area contributed by atoms with Crippen LogP contribution in [0.4, 0.5) is 0 Å². The molecular formula is C12H26O6. The van der Waals surface area contributed by atoms with Gasteiger partial charge in [-0.2, -0.15) is 0 Å². The van der Waals surface area contributed by atoms with Crippen molar-refractivity contribution in [3.8, 4) is 0 Å². The molecule has 0 fully saturated rings. The molecular weight excluding hydrogens is 240 g/mol. The maximum atomic E-state index is 9.37. The highest BCUT2D eigenvalue weighted by atomic mass is 16.5. The first kappa shape index (κ1) is 22.1. The number of carboxylic acids is 2. The minimum atomic E-state index is -1.10. The monoisotopic (exact) mass is 266 g/mol. The Balaban J connectivity index is -0.000000197. The second-order valence-electron chi connectivity index (χ2n) is 3.47. The standard InChI is InChI=1S/C6H14O2.2C3H6O2/c1-2-3-4-5-6(7)8;2*1-2-3(4)5/h6-8H,2-5H2,1H3;2*2H2,1H3,(H,4,5). The molecule has 0 amide bonds. The van der Waals surface area contributed by atoms with E-state index in [1.807, 2.05) is 0 Å². The zero-order valence-corrected chi connectivity index (χ0v) is 11.4. The minimum absolute atomic E-state index is 0.222. The van der Waals surface area contributed by atoms with Gasteiger partial charge in [0.05, 0.1) is 0 Å². The van der Waals surface area contributed by atoms with Crippen LogP contribution < -0.4 is 0 Å². The largest absolute Gasteiger partial charge is 0.481 e. The molecule has 0 aliphatic heterocycles. The van der Waals surface area contributed by atoms with E-state index in [1.165, 1.54) is 0 Å². The fraction of sp³-hybridized carbons (Fsp3) is 0.833. The third-order valence-corrected chi connectivity index (χ3v) is 1.67. The van der Waals surface area contributed by atoms with E-state index < -0.39 is 18.2 Å². The van der Waals surface area contributed by atoms with E-state index in [0.29, 0.717) is 6.42 Å². The van der Waals surface area contributed by atoms with Crippen molar-refractivity contribution in [1.29, 1.82) is 0 Å². The Morgan fingerprint density at radius 2 is 1.22 bits per heavy atom. The van der Waals surface area contributed by atoms with Crippen molar-refractivity contribution >= 4 is 11.9 Å². The van der Waals surface area contributed by atoms with E-state index in [-0.39, 0.29) is 12.8 Å². The molecule has 0 heterocycles. The van der Waals surface area contributed by atoms with Crippen LogP contribution in [0.15, 0.2) is 0 Å². The van der Waals surface area contributed by atoms with Crippen LogP contribution in [0.1, 0.15) is 59.3 Å². The second-order valence-corrected chi connectivity index (χ2v) is 3.47. The number of rotatable bonds is 6. The van der Waals surface area contributed by atoms with Gasteiger partial charge < -0.3 is 20.4 Å². The van der Waals surface area contributed by atoms with Crippen LogP contribution in [-0.2, 0) is 9.59 Å². The topological polar surface area (TPSA) is 115 Å².